The van der Waals surface area contributed by atoms with Gasteiger partial charge in [-0.25, -0.2) is 0 Å². The summed E-state index contributed by atoms with van der Waals surface area (Å²) in [4.78, 5) is 17.5. The number of benzene rings is 2. The Morgan fingerprint density at radius 1 is 0.871 bits per heavy atom. The number of rotatable bonds is 9. The van der Waals surface area contributed by atoms with Gasteiger partial charge in [0, 0.05) is 43.3 Å². The van der Waals surface area contributed by atoms with Crippen molar-refractivity contribution in [3.05, 3.63) is 52.5 Å². The van der Waals surface area contributed by atoms with Gasteiger partial charge in [-0.2, -0.15) is 0 Å². The highest BCUT2D eigenvalue weighted by Gasteiger charge is 2.25. The van der Waals surface area contributed by atoms with Gasteiger partial charge >= 0.3 is 0 Å². The number of amides is 1. The lowest BCUT2D eigenvalue weighted by Gasteiger charge is -2.35. The highest BCUT2D eigenvalue weighted by atomic mass is 35.5. The molecule has 0 bridgehead atoms. The number of piperazine rings is 1. The zero-order valence-corrected chi connectivity index (χ0v) is 19.3. The summed E-state index contributed by atoms with van der Waals surface area (Å²) < 4.78 is 17.2. The number of nitrogens with zero attached hydrogens (tertiary/aromatic N) is 2. The van der Waals surface area contributed by atoms with E-state index in [0.717, 1.165) is 24.7 Å². The highest BCUT2D eigenvalue weighted by molar-refractivity contribution is 6.30. The van der Waals surface area contributed by atoms with Crippen molar-refractivity contribution < 1.29 is 19.0 Å². The van der Waals surface area contributed by atoms with Crippen molar-refractivity contribution in [3.8, 4) is 17.2 Å². The Morgan fingerprint density at radius 2 is 1.42 bits per heavy atom. The fraction of sp³-hybridized carbons (Fsp3) is 0.458. The molecule has 2 aromatic rings. The minimum absolute atomic E-state index is 0.0175. The van der Waals surface area contributed by atoms with E-state index < -0.39 is 0 Å². The summed E-state index contributed by atoms with van der Waals surface area (Å²) in [7, 11) is 0. The second kappa shape index (κ2) is 11.3. The first kappa shape index (κ1) is 23.2. The summed E-state index contributed by atoms with van der Waals surface area (Å²) >= 11 is 5.97. The van der Waals surface area contributed by atoms with Crippen molar-refractivity contribution in [3.63, 3.8) is 0 Å². The summed E-state index contributed by atoms with van der Waals surface area (Å²) in [5.41, 5.74) is 1.78. The molecular weight excluding hydrogens is 416 g/mol. The molecule has 2 aromatic carbocycles. The number of carbonyl (C=O) groups excluding carboxylic acids is 1. The van der Waals surface area contributed by atoms with Crippen LogP contribution in [0.2, 0.25) is 5.02 Å². The maximum absolute atomic E-state index is 13.2. The van der Waals surface area contributed by atoms with Crippen LogP contribution in [-0.2, 0) is 6.54 Å². The molecule has 0 aliphatic carbocycles. The number of carbonyl (C=O) groups is 1. The van der Waals surface area contributed by atoms with Crippen LogP contribution >= 0.6 is 11.6 Å². The average molecular weight is 447 g/mol. The molecule has 0 atom stereocenters. The van der Waals surface area contributed by atoms with Gasteiger partial charge < -0.3 is 19.1 Å². The molecule has 1 fully saturated rings. The van der Waals surface area contributed by atoms with Crippen LogP contribution in [0.15, 0.2) is 36.4 Å². The normalized spacial score (nSPS) is 14.4. The van der Waals surface area contributed by atoms with Crippen LogP contribution in [-0.4, -0.2) is 61.7 Å². The summed E-state index contributed by atoms with van der Waals surface area (Å²) in [6, 6.07) is 11.4. The molecule has 0 aromatic heterocycles. The van der Waals surface area contributed by atoms with E-state index in [4.69, 9.17) is 25.8 Å². The van der Waals surface area contributed by atoms with Gasteiger partial charge in [0.2, 0.25) is 5.75 Å². The van der Waals surface area contributed by atoms with E-state index in [1.165, 1.54) is 5.56 Å². The molecule has 1 heterocycles. The van der Waals surface area contributed by atoms with E-state index in [0.29, 0.717) is 55.7 Å². The number of halogens is 1. The first-order valence-electron chi connectivity index (χ1n) is 10.9. The molecule has 0 N–H and O–H groups in total. The van der Waals surface area contributed by atoms with E-state index >= 15 is 0 Å². The van der Waals surface area contributed by atoms with Crippen molar-refractivity contribution in [1.29, 1.82) is 0 Å². The van der Waals surface area contributed by atoms with E-state index in [2.05, 4.69) is 4.90 Å². The maximum Gasteiger partial charge on any atom is 0.254 e. The molecule has 0 radical (unpaired) electrons. The lowest BCUT2D eigenvalue weighted by atomic mass is 10.1. The SMILES string of the molecule is CCOc1cc(C(=O)N2CCN(Cc3ccc(Cl)cc3)CC2)cc(OCC)c1OCC. The first-order valence-corrected chi connectivity index (χ1v) is 11.3. The summed E-state index contributed by atoms with van der Waals surface area (Å²) in [6.45, 7) is 11.0. The lowest BCUT2D eigenvalue weighted by molar-refractivity contribution is 0.0627. The predicted molar refractivity (Wildman–Crippen MR) is 123 cm³/mol. The molecule has 31 heavy (non-hydrogen) atoms. The number of hydrogen-bond acceptors (Lipinski definition) is 5. The Labute approximate surface area is 189 Å². The molecule has 0 unspecified atom stereocenters. The largest absolute Gasteiger partial charge is 0.490 e. The zero-order chi connectivity index (χ0) is 22.2. The Balaban J connectivity index is 1.70. The zero-order valence-electron chi connectivity index (χ0n) is 18.5. The van der Waals surface area contributed by atoms with Crippen LogP contribution in [0.3, 0.4) is 0 Å². The van der Waals surface area contributed by atoms with Gasteiger partial charge in [0.15, 0.2) is 11.5 Å². The third kappa shape index (κ3) is 6.05. The monoisotopic (exact) mass is 446 g/mol. The molecule has 0 saturated carbocycles. The van der Waals surface area contributed by atoms with Gasteiger partial charge in [0.05, 0.1) is 19.8 Å². The minimum atomic E-state index is -0.0175. The van der Waals surface area contributed by atoms with Crippen molar-refractivity contribution in [2.45, 2.75) is 27.3 Å². The summed E-state index contributed by atoms with van der Waals surface area (Å²) in [5.74, 6) is 1.62. The molecule has 7 heteroatoms. The van der Waals surface area contributed by atoms with E-state index in [-0.39, 0.29) is 5.91 Å². The summed E-state index contributed by atoms with van der Waals surface area (Å²) in [6.07, 6.45) is 0. The molecular formula is C24H31ClN2O4. The van der Waals surface area contributed by atoms with Crippen LogP contribution in [0.5, 0.6) is 17.2 Å². The fourth-order valence-electron chi connectivity index (χ4n) is 3.65. The highest BCUT2D eigenvalue weighted by Crippen LogP contribution is 2.39. The van der Waals surface area contributed by atoms with Crippen LogP contribution in [0.1, 0.15) is 36.7 Å². The number of ether oxygens (including phenoxy) is 3. The quantitative estimate of drug-likeness (QED) is 0.567. The Bertz CT molecular complexity index is 837. The van der Waals surface area contributed by atoms with Gasteiger partial charge in [-0.05, 0) is 50.6 Å². The van der Waals surface area contributed by atoms with Gasteiger partial charge in [-0.3, -0.25) is 9.69 Å². The molecule has 6 nitrogen and oxygen atoms in total. The standard InChI is InChI=1S/C24H31ClN2O4/c1-4-29-21-15-19(16-22(30-5-2)23(21)31-6-3)24(28)27-13-11-26(12-14-27)17-18-7-9-20(25)10-8-18/h7-10,15-16H,4-6,11-14,17H2,1-3H3. The molecule has 168 valence electrons. The van der Waals surface area contributed by atoms with Crippen LogP contribution in [0.4, 0.5) is 0 Å². The van der Waals surface area contributed by atoms with Crippen molar-refractivity contribution in [1.82, 2.24) is 9.80 Å². The molecule has 3 rings (SSSR count). The first-order chi connectivity index (χ1) is 15.0. The third-order valence-corrected chi connectivity index (χ3v) is 5.39. The lowest BCUT2D eigenvalue weighted by Crippen LogP contribution is -2.48. The topological polar surface area (TPSA) is 51.2 Å². The van der Waals surface area contributed by atoms with Crippen LogP contribution in [0.25, 0.3) is 0 Å². The van der Waals surface area contributed by atoms with Crippen molar-refractivity contribution in [2.75, 3.05) is 46.0 Å². The average Bonchev–Trinajstić information content (AvgIpc) is 2.78. The van der Waals surface area contributed by atoms with E-state index in [1.807, 2.05) is 49.9 Å². The molecule has 0 spiro atoms. The molecule has 1 aliphatic rings. The molecule has 1 aliphatic heterocycles. The third-order valence-electron chi connectivity index (χ3n) is 5.14. The number of hydrogen-bond donors (Lipinski definition) is 0. The maximum atomic E-state index is 13.2. The summed E-state index contributed by atoms with van der Waals surface area (Å²) in [5, 5.41) is 0.743. The minimum Gasteiger partial charge on any atom is -0.490 e. The Kier molecular flexibility index (Phi) is 8.43. The second-order valence-electron chi connectivity index (χ2n) is 7.30. The molecule has 1 saturated heterocycles. The van der Waals surface area contributed by atoms with Crippen LogP contribution in [0, 0.1) is 0 Å². The fourth-order valence-corrected chi connectivity index (χ4v) is 3.78. The van der Waals surface area contributed by atoms with Crippen molar-refractivity contribution >= 4 is 17.5 Å². The second-order valence-corrected chi connectivity index (χ2v) is 7.73. The Morgan fingerprint density at radius 3 is 1.94 bits per heavy atom. The predicted octanol–water partition coefficient (Wildman–Crippen LogP) is 4.49. The van der Waals surface area contributed by atoms with Gasteiger partial charge in [0.1, 0.15) is 0 Å². The smallest absolute Gasteiger partial charge is 0.254 e. The Hall–Kier alpha value is -2.44. The van der Waals surface area contributed by atoms with E-state index in [1.54, 1.807) is 12.1 Å². The molecule has 1 amide bonds. The van der Waals surface area contributed by atoms with Gasteiger partial charge in [0.25, 0.3) is 5.91 Å². The van der Waals surface area contributed by atoms with Crippen molar-refractivity contribution in [2.24, 2.45) is 0 Å². The van der Waals surface area contributed by atoms with Gasteiger partial charge in [-0.15, -0.1) is 0 Å². The van der Waals surface area contributed by atoms with E-state index in [9.17, 15) is 4.79 Å². The van der Waals surface area contributed by atoms with Gasteiger partial charge in [-0.1, -0.05) is 23.7 Å². The van der Waals surface area contributed by atoms with Crippen LogP contribution < -0.4 is 14.2 Å².